The van der Waals surface area contributed by atoms with Crippen LogP contribution in [-0.2, 0) is 14.8 Å². The van der Waals surface area contributed by atoms with Crippen LogP contribution in [0.4, 0.5) is 11.4 Å². The van der Waals surface area contributed by atoms with E-state index in [0.29, 0.717) is 11.4 Å². The summed E-state index contributed by atoms with van der Waals surface area (Å²) in [6.45, 7) is 2.36. The number of hydrogen-bond donors (Lipinski definition) is 2. The number of fused-ring (bicyclic) bond motifs is 1. The number of aliphatic imine (C=N–C) groups is 1. The summed E-state index contributed by atoms with van der Waals surface area (Å²) in [5.41, 5.74) is 2.47. The summed E-state index contributed by atoms with van der Waals surface area (Å²) in [4.78, 5) is 19.1. The maximum absolute atomic E-state index is 12.2. The first kappa shape index (κ1) is 19.4. The molecule has 2 aliphatic rings. The molecule has 1 fully saturated rings. The third-order valence-corrected chi connectivity index (χ3v) is 6.54. The fraction of sp³-hybridized carbons (Fsp3) is 0.333. The van der Waals surface area contributed by atoms with Crippen molar-refractivity contribution < 1.29 is 13.2 Å². The molecule has 0 spiro atoms. The number of sulfonamides is 1. The Labute approximate surface area is 170 Å². The third-order valence-electron chi connectivity index (χ3n) is 5.14. The van der Waals surface area contributed by atoms with E-state index in [2.05, 4.69) is 19.9 Å². The second-order valence-corrected chi connectivity index (χ2v) is 8.88. The Hall–Kier alpha value is -2.87. The Morgan fingerprint density at radius 1 is 1.03 bits per heavy atom. The Morgan fingerprint density at radius 3 is 2.52 bits per heavy atom. The molecule has 29 heavy (non-hydrogen) atoms. The molecule has 2 N–H and O–H groups in total. The molecule has 7 nitrogen and oxygen atoms in total. The number of carbonyl (C=O) groups is 1. The molecular weight excluding hydrogens is 388 g/mol. The Morgan fingerprint density at radius 2 is 1.76 bits per heavy atom. The summed E-state index contributed by atoms with van der Waals surface area (Å²) in [5, 5.41) is 2.87. The van der Waals surface area contributed by atoms with Crippen LogP contribution >= 0.6 is 0 Å². The van der Waals surface area contributed by atoms with Crippen molar-refractivity contribution in [2.45, 2.75) is 30.6 Å². The fourth-order valence-corrected chi connectivity index (χ4v) is 4.90. The summed E-state index contributed by atoms with van der Waals surface area (Å²) in [5.74, 6) is 0.133. The number of hydrogen-bond acceptors (Lipinski definition) is 5. The van der Waals surface area contributed by atoms with Gasteiger partial charge in [-0.15, -0.1) is 0 Å². The van der Waals surface area contributed by atoms with Crippen LogP contribution in [0.15, 0.2) is 58.4 Å². The average molecular weight is 413 g/mol. The molecule has 2 heterocycles. The molecule has 0 bridgehead atoms. The van der Waals surface area contributed by atoms with E-state index in [1.165, 1.54) is 24.9 Å². The van der Waals surface area contributed by atoms with E-state index < -0.39 is 10.0 Å². The predicted octanol–water partition coefficient (Wildman–Crippen LogP) is 2.74. The van der Waals surface area contributed by atoms with Crippen molar-refractivity contribution in [2.24, 2.45) is 4.99 Å². The number of anilines is 2. The van der Waals surface area contributed by atoms with Gasteiger partial charge in [-0.05, 0) is 55.7 Å². The van der Waals surface area contributed by atoms with Crippen LogP contribution in [0.1, 0.15) is 31.2 Å². The number of carbonyl (C=O) groups excluding carboxylic acids is 1. The molecule has 0 aliphatic carbocycles. The molecular formula is C21H24N4O3S. The minimum Gasteiger partial charge on any atom is -0.372 e. The van der Waals surface area contributed by atoms with E-state index in [4.69, 9.17) is 0 Å². The number of benzene rings is 2. The van der Waals surface area contributed by atoms with Gasteiger partial charge in [0.25, 0.3) is 10.0 Å². The van der Waals surface area contributed by atoms with Crippen LogP contribution in [0.5, 0.6) is 0 Å². The highest BCUT2D eigenvalue weighted by Crippen LogP contribution is 2.23. The van der Waals surface area contributed by atoms with Gasteiger partial charge in [0.1, 0.15) is 5.84 Å². The molecule has 0 radical (unpaired) electrons. The van der Waals surface area contributed by atoms with E-state index in [9.17, 15) is 13.2 Å². The number of amides is 1. The van der Waals surface area contributed by atoms with Crippen LogP contribution in [0.2, 0.25) is 0 Å². The van der Waals surface area contributed by atoms with Crippen LogP contribution in [-0.4, -0.2) is 39.8 Å². The zero-order valence-electron chi connectivity index (χ0n) is 16.1. The smallest absolute Gasteiger partial charge is 0.263 e. The van der Waals surface area contributed by atoms with Crippen molar-refractivity contribution in [3.05, 3.63) is 54.1 Å². The highest BCUT2D eigenvalue weighted by molar-refractivity contribution is 7.90. The Bertz CT molecular complexity index is 1030. The second kappa shape index (κ2) is 8.24. The summed E-state index contributed by atoms with van der Waals surface area (Å²) >= 11 is 0. The van der Waals surface area contributed by atoms with Crippen LogP contribution in [0.3, 0.4) is 0 Å². The van der Waals surface area contributed by atoms with Crippen molar-refractivity contribution in [3.63, 3.8) is 0 Å². The van der Waals surface area contributed by atoms with Crippen molar-refractivity contribution in [1.82, 2.24) is 4.72 Å². The number of nitrogens with zero attached hydrogens (tertiary/aromatic N) is 2. The number of piperidine rings is 1. The quantitative estimate of drug-likeness (QED) is 0.790. The predicted molar refractivity (Wildman–Crippen MR) is 114 cm³/mol. The molecule has 2 aromatic rings. The lowest BCUT2D eigenvalue weighted by Gasteiger charge is -2.28. The van der Waals surface area contributed by atoms with Crippen LogP contribution in [0.25, 0.3) is 0 Å². The van der Waals surface area contributed by atoms with Crippen molar-refractivity contribution in [3.8, 4) is 0 Å². The van der Waals surface area contributed by atoms with Gasteiger partial charge in [-0.1, -0.05) is 12.1 Å². The minimum absolute atomic E-state index is 0.158. The van der Waals surface area contributed by atoms with Gasteiger partial charge in [0.15, 0.2) is 0 Å². The number of rotatable bonds is 5. The third kappa shape index (κ3) is 4.42. The summed E-state index contributed by atoms with van der Waals surface area (Å²) < 4.78 is 26.6. The van der Waals surface area contributed by atoms with Gasteiger partial charge in [-0.3, -0.25) is 14.5 Å². The van der Waals surface area contributed by atoms with Gasteiger partial charge in [-0.25, -0.2) is 8.42 Å². The molecule has 1 saturated heterocycles. The molecule has 152 valence electrons. The molecule has 2 aliphatic heterocycles. The van der Waals surface area contributed by atoms with Gasteiger partial charge < -0.3 is 10.2 Å². The SMILES string of the molecule is O=C(CCN=C1NS(=O)(=O)c2ccccc21)Nc1ccc(N2CCCCC2)cc1. The second-order valence-electron chi connectivity index (χ2n) is 7.22. The first-order chi connectivity index (χ1) is 14.0. The van der Waals surface area contributed by atoms with Crippen molar-refractivity contribution >= 4 is 33.1 Å². The van der Waals surface area contributed by atoms with Crippen LogP contribution in [0, 0.1) is 0 Å². The summed E-state index contributed by atoms with van der Waals surface area (Å²) in [7, 11) is -3.55. The molecule has 0 atom stereocenters. The van der Waals surface area contributed by atoms with Gasteiger partial charge in [-0.2, -0.15) is 0 Å². The van der Waals surface area contributed by atoms with Gasteiger partial charge in [0, 0.05) is 36.4 Å². The molecule has 0 saturated carbocycles. The van der Waals surface area contributed by atoms with E-state index >= 15 is 0 Å². The molecule has 0 aromatic heterocycles. The van der Waals surface area contributed by atoms with Gasteiger partial charge in [0.05, 0.1) is 11.4 Å². The van der Waals surface area contributed by atoms with Gasteiger partial charge in [0.2, 0.25) is 5.91 Å². The highest BCUT2D eigenvalue weighted by Gasteiger charge is 2.29. The first-order valence-corrected chi connectivity index (χ1v) is 11.3. The zero-order valence-corrected chi connectivity index (χ0v) is 16.9. The minimum atomic E-state index is -3.55. The number of amidine groups is 1. The number of nitrogens with one attached hydrogen (secondary N) is 2. The molecule has 8 heteroatoms. The standard InChI is InChI=1S/C21H24N4O3S/c26-20(23-16-8-10-17(11-9-16)25-14-4-1-5-15-25)12-13-22-21-18-6-2-3-7-19(18)29(27,28)24-21/h2-3,6-11H,1,4-5,12-15H2,(H,22,24)(H,23,26). The van der Waals surface area contributed by atoms with E-state index in [1.54, 1.807) is 24.3 Å². The Kier molecular flexibility index (Phi) is 5.53. The van der Waals surface area contributed by atoms with E-state index in [1.807, 2.05) is 24.3 Å². The fourth-order valence-electron chi connectivity index (χ4n) is 3.65. The average Bonchev–Trinajstić information content (AvgIpc) is 3.00. The lowest BCUT2D eigenvalue weighted by atomic mass is 10.1. The molecule has 4 rings (SSSR count). The topological polar surface area (TPSA) is 90.9 Å². The molecule has 0 unspecified atom stereocenters. The van der Waals surface area contributed by atoms with E-state index in [-0.39, 0.29) is 23.8 Å². The van der Waals surface area contributed by atoms with Gasteiger partial charge >= 0.3 is 0 Å². The van der Waals surface area contributed by atoms with E-state index in [0.717, 1.165) is 18.8 Å². The molecule has 1 amide bonds. The van der Waals surface area contributed by atoms with Crippen molar-refractivity contribution in [2.75, 3.05) is 29.9 Å². The maximum Gasteiger partial charge on any atom is 0.263 e. The lowest BCUT2D eigenvalue weighted by Crippen LogP contribution is -2.29. The first-order valence-electron chi connectivity index (χ1n) is 9.84. The maximum atomic E-state index is 12.2. The normalized spacial score (nSPS) is 18.9. The largest absolute Gasteiger partial charge is 0.372 e. The summed E-state index contributed by atoms with van der Waals surface area (Å²) in [6.07, 6.45) is 3.91. The van der Waals surface area contributed by atoms with Crippen LogP contribution < -0.4 is 14.9 Å². The molecule has 2 aromatic carbocycles. The van der Waals surface area contributed by atoms with Crippen molar-refractivity contribution in [1.29, 1.82) is 0 Å². The highest BCUT2D eigenvalue weighted by atomic mass is 32.2. The zero-order chi connectivity index (χ0) is 20.3. The lowest BCUT2D eigenvalue weighted by molar-refractivity contribution is -0.116. The summed E-state index contributed by atoms with van der Waals surface area (Å²) in [6, 6.07) is 14.6. The Balaban J connectivity index is 1.32. The monoisotopic (exact) mass is 412 g/mol.